The van der Waals surface area contributed by atoms with Gasteiger partial charge in [0.05, 0.1) is 13.2 Å². The summed E-state index contributed by atoms with van der Waals surface area (Å²) in [5.74, 6) is 0.814. The third kappa shape index (κ3) is 2.77. The molecule has 1 N–H and O–H groups in total. The molecule has 1 saturated carbocycles. The topological polar surface area (TPSA) is 24.5 Å². The largest absolute Gasteiger partial charge is 0.378 e. The molecule has 1 aliphatic carbocycles. The van der Waals surface area contributed by atoms with E-state index >= 15 is 0 Å². The number of nitrogens with one attached hydrogen (secondary N) is 1. The van der Waals surface area contributed by atoms with Crippen LogP contribution in [0.5, 0.6) is 0 Å². The zero-order valence-corrected chi connectivity index (χ0v) is 11.8. The maximum atomic E-state index is 5.45. The average Bonchev–Trinajstić information content (AvgIpc) is 2.38. The molecule has 1 saturated heterocycles. The number of rotatable bonds is 4. The zero-order chi connectivity index (χ0) is 13.1. The van der Waals surface area contributed by atoms with Crippen molar-refractivity contribution < 1.29 is 4.74 Å². The molecule has 3 heteroatoms. The highest BCUT2D eigenvalue weighted by atomic mass is 16.5. The fourth-order valence-electron chi connectivity index (χ4n) is 3.05. The van der Waals surface area contributed by atoms with Gasteiger partial charge in [-0.1, -0.05) is 18.6 Å². The molecule has 1 heterocycles. The van der Waals surface area contributed by atoms with Crippen LogP contribution in [0.3, 0.4) is 0 Å². The van der Waals surface area contributed by atoms with Crippen LogP contribution in [0, 0.1) is 0 Å². The van der Waals surface area contributed by atoms with Crippen LogP contribution in [-0.2, 0) is 11.3 Å². The Balaban J connectivity index is 1.84. The summed E-state index contributed by atoms with van der Waals surface area (Å²) < 4.78 is 5.45. The monoisotopic (exact) mass is 260 g/mol. The van der Waals surface area contributed by atoms with Crippen LogP contribution < -0.4 is 10.2 Å². The SMILES string of the molecule is CNCc1cc(C2CCC2)ccc1N1CCOCC1. The van der Waals surface area contributed by atoms with Crippen molar-refractivity contribution in [2.24, 2.45) is 0 Å². The van der Waals surface area contributed by atoms with Gasteiger partial charge < -0.3 is 15.0 Å². The lowest BCUT2D eigenvalue weighted by atomic mass is 9.79. The van der Waals surface area contributed by atoms with Gasteiger partial charge in [-0.05, 0) is 43.0 Å². The number of nitrogens with zero attached hydrogens (tertiary/aromatic N) is 1. The van der Waals surface area contributed by atoms with Gasteiger partial charge in [-0.2, -0.15) is 0 Å². The highest BCUT2D eigenvalue weighted by molar-refractivity contribution is 5.56. The molecule has 0 aromatic heterocycles. The minimum absolute atomic E-state index is 0.814. The van der Waals surface area contributed by atoms with Crippen molar-refractivity contribution in [3.05, 3.63) is 29.3 Å². The molecule has 0 bridgehead atoms. The van der Waals surface area contributed by atoms with Crippen molar-refractivity contribution in [2.45, 2.75) is 31.7 Å². The molecule has 0 atom stereocenters. The van der Waals surface area contributed by atoms with Gasteiger partial charge >= 0.3 is 0 Å². The third-order valence-electron chi connectivity index (χ3n) is 4.40. The van der Waals surface area contributed by atoms with Gasteiger partial charge in [0, 0.05) is 25.3 Å². The standard InChI is InChI=1S/C16H24N2O/c1-17-12-15-11-14(13-3-2-4-13)5-6-16(15)18-7-9-19-10-8-18/h5-6,11,13,17H,2-4,7-10,12H2,1H3. The van der Waals surface area contributed by atoms with Crippen LogP contribution in [0.15, 0.2) is 18.2 Å². The first kappa shape index (κ1) is 12.9. The van der Waals surface area contributed by atoms with Crippen molar-refractivity contribution in [3.63, 3.8) is 0 Å². The predicted molar refractivity (Wildman–Crippen MR) is 78.8 cm³/mol. The Labute approximate surface area is 115 Å². The highest BCUT2D eigenvalue weighted by Gasteiger charge is 2.21. The molecule has 1 aliphatic heterocycles. The molecular formula is C16H24N2O. The lowest BCUT2D eigenvalue weighted by Crippen LogP contribution is -2.37. The van der Waals surface area contributed by atoms with Crippen LogP contribution in [0.4, 0.5) is 5.69 Å². The van der Waals surface area contributed by atoms with Crippen LogP contribution in [0.25, 0.3) is 0 Å². The highest BCUT2D eigenvalue weighted by Crippen LogP contribution is 2.38. The summed E-state index contributed by atoms with van der Waals surface area (Å²) in [5, 5.41) is 3.31. The fraction of sp³-hybridized carbons (Fsp3) is 0.625. The minimum Gasteiger partial charge on any atom is -0.378 e. The van der Waals surface area contributed by atoms with Crippen molar-refractivity contribution in [3.8, 4) is 0 Å². The summed E-state index contributed by atoms with van der Waals surface area (Å²) in [6.07, 6.45) is 4.14. The van der Waals surface area contributed by atoms with E-state index in [1.165, 1.54) is 36.1 Å². The maximum absolute atomic E-state index is 5.45. The van der Waals surface area contributed by atoms with E-state index in [9.17, 15) is 0 Å². The van der Waals surface area contributed by atoms with E-state index in [-0.39, 0.29) is 0 Å². The molecule has 3 nitrogen and oxygen atoms in total. The van der Waals surface area contributed by atoms with E-state index in [0.29, 0.717) is 0 Å². The quantitative estimate of drug-likeness (QED) is 0.900. The van der Waals surface area contributed by atoms with Gasteiger partial charge in [0.1, 0.15) is 0 Å². The summed E-state index contributed by atoms with van der Waals surface area (Å²) in [6.45, 7) is 4.68. The second-order valence-corrected chi connectivity index (χ2v) is 5.65. The molecule has 0 amide bonds. The number of ether oxygens (including phenoxy) is 1. The van der Waals surface area contributed by atoms with Crippen LogP contribution in [-0.4, -0.2) is 33.4 Å². The Morgan fingerprint density at radius 2 is 2.05 bits per heavy atom. The molecule has 2 fully saturated rings. The summed E-state index contributed by atoms with van der Waals surface area (Å²) >= 11 is 0. The van der Waals surface area contributed by atoms with Crippen molar-refractivity contribution in [1.29, 1.82) is 0 Å². The molecule has 19 heavy (non-hydrogen) atoms. The van der Waals surface area contributed by atoms with E-state index in [2.05, 4.69) is 28.4 Å². The Hall–Kier alpha value is -1.06. The maximum Gasteiger partial charge on any atom is 0.0642 e. The van der Waals surface area contributed by atoms with E-state index in [1.54, 1.807) is 0 Å². The first-order valence-corrected chi connectivity index (χ1v) is 7.48. The number of morpholine rings is 1. The molecular weight excluding hydrogens is 236 g/mol. The molecule has 1 aromatic carbocycles. The van der Waals surface area contributed by atoms with Crippen molar-refractivity contribution in [1.82, 2.24) is 5.32 Å². The summed E-state index contributed by atoms with van der Waals surface area (Å²) in [6, 6.07) is 7.09. The van der Waals surface area contributed by atoms with Crippen LogP contribution in [0.2, 0.25) is 0 Å². The average molecular weight is 260 g/mol. The first-order valence-electron chi connectivity index (χ1n) is 7.48. The second kappa shape index (κ2) is 5.93. The molecule has 0 radical (unpaired) electrons. The van der Waals surface area contributed by atoms with Crippen molar-refractivity contribution >= 4 is 5.69 Å². The Bertz CT molecular complexity index is 423. The van der Waals surface area contributed by atoms with Gasteiger partial charge in [-0.15, -0.1) is 0 Å². The Morgan fingerprint density at radius 3 is 2.68 bits per heavy atom. The fourth-order valence-corrected chi connectivity index (χ4v) is 3.05. The third-order valence-corrected chi connectivity index (χ3v) is 4.40. The van der Waals surface area contributed by atoms with Gasteiger partial charge in [0.25, 0.3) is 0 Å². The lowest BCUT2D eigenvalue weighted by Gasteiger charge is -2.32. The molecule has 1 aromatic rings. The lowest BCUT2D eigenvalue weighted by molar-refractivity contribution is 0.122. The van der Waals surface area contributed by atoms with Crippen LogP contribution >= 0.6 is 0 Å². The normalized spacial score (nSPS) is 20.4. The first-order chi connectivity index (χ1) is 9.38. The minimum atomic E-state index is 0.814. The Morgan fingerprint density at radius 1 is 1.26 bits per heavy atom. The van der Waals surface area contributed by atoms with E-state index in [0.717, 1.165) is 38.8 Å². The second-order valence-electron chi connectivity index (χ2n) is 5.65. The van der Waals surface area contributed by atoms with Crippen LogP contribution in [0.1, 0.15) is 36.3 Å². The van der Waals surface area contributed by atoms with Gasteiger partial charge in [-0.3, -0.25) is 0 Å². The Kier molecular flexibility index (Phi) is 4.04. The van der Waals surface area contributed by atoms with E-state index in [4.69, 9.17) is 4.74 Å². The predicted octanol–water partition coefficient (Wildman–Crippen LogP) is 2.51. The number of benzene rings is 1. The van der Waals surface area contributed by atoms with E-state index in [1.807, 2.05) is 7.05 Å². The number of hydrogen-bond donors (Lipinski definition) is 1. The van der Waals surface area contributed by atoms with E-state index < -0.39 is 0 Å². The van der Waals surface area contributed by atoms with Crippen molar-refractivity contribution in [2.75, 3.05) is 38.3 Å². The number of hydrogen-bond acceptors (Lipinski definition) is 3. The molecule has 104 valence electrons. The molecule has 0 spiro atoms. The molecule has 3 rings (SSSR count). The molecule has 2 aliphatic rings. The summed E-state index contributed by atoms with van der Waals surface area (Å²) in [4.78, 5) is 2.46. The van der Waals surface area contributed by atoms with Gasteiger partial charge in [0.2, 0.25) is 0 Å². The summed E-state index contributed by atoms with van der Waals surface area (Å²) in [5.41, 5.74) is 4.36. The zero-order valence-electron chi connectivity index (χ0n) is 11.8. The van der Waals surface area contributed by atoms with Gasteiger partial charge in [-0.25, -0.2) is 0 Å². The summed E-state index contributed by atoms with van der Waals surface area (Å²) in [7, 11) is 2.03. The smallest absolute Gasteiger partial charge is 0.0642 e. The molecule has 0 unspecified atom stereocenters. The number of anilines is 1. The van der Waals surface area contributed by atoms with Gasteiger partial charge in [0.15, 0.2) is 0 Å².